The SMILES string of the molecule is CC(C)CN(C)C(=O)c1ccc(O)c(O)c1. The van der Waals surface area contributed by atoms with E-state index in [4.69, 9.17) is 5.11 Å². The van der Waals surface area contributed by atoms with E-state index in [2.05, 4.69) is 0 Å². The van der Waals surface area contributed by atoms with Gasteiger partial charge in [0, 0.05) is 19.2 Å². The maximum absolute atomic E-state index is 11.9. The fourth-order valence-corrected chi connectivity index (χ4v) is 1.51. The molecule has 0 aliphatic heterocycles. The van der Waals surface area contributed by atoms with E-state index in [9.17, 15) is 9.90 Å². The Bertz CT molecular complexity index is 388. The third-order valence-corrected chi connectivity index (χ3v) is 2.21. The number of amides is 1. The number of nitrogens with zero attached hydrogens (tertiary/aromatic N) is 1. The number of carbonyl (C=O) groups excluding carboxylic acids is 1. The second kappa shape index (κ2) is 4.88. The molecule has 4 nitrogen and oxygen atoms in total. The number of phenolic OH excluding ortho intramolecular Hbond substituents is 2. The minimum absolute atomic E-state index is 0.163. The zero-order valence-electron chi connectivity index (χ0n) is 9.77. The summed E-state index contributed by atoms with van der Waals surface area (Å²) in [5, 5.41) is 18.4. The molecule has 88 valence electrons. The number of aromatic hydroxyl groups is 2. The number of hydrogen-bond donors (Lipinski definition) is 2. The summed E-state index contributed by atoms with van der Waals surface area (Å²) in [6.07, 6.45) is 0. The van der Waals surface area contributed by atoms with Gasteiger partial charge in [0.25, 0.3) is 5.91 Å². The highest BCUT2D eigenvalue weighted by molar-refractivity contribution is 5.94. The zero-order chi connectivity index (χ0) is 12.3. The highest BCUT2D eigenvalue weighted by atomic mass is 16.3. The van der Waals surface area contributed by atoms with Crippen LogP contribution < -0.4 is 0 Å². The third-order valence-electron chi connectivity index (χ3n) is 2.21. The Labute approximate surface area is 95.1 Å². The van der Waals surface area contributed by atoms with E-state index in [1.54, 1.807) is 11.9 Å². The smallest absolute Gasteiger partial charge is 0.253 e. The summed E-state index contributed by atoms with van der Waals surface area (Å²) in [6, 6.07) is 4.08. The quantitative estimate of drug-likeness (QED) is 0.768. The van der Waals surface area contributed by atoms with Crippen molar-refractivity contribution in [3.63, 3.8) is 0 Å². The van der Waals surface area contributed by atoms with E-state index < -0.39 is 0 Å². The summed E-state index contributed by atoms with van der Waals surface area (Å²) in [7, 11) is 1.71. The Hall–Kier alpha value is -1.71. The van der Waals surface area contributed by atoms with Gasteiger partial charge in [0.1, 0.15) is 0 Å². The standard InChI is InChI=1S/C12H17NO3/c1-8(2)7-13(3)12(16)9-4-5-10(14)11(15)6-9/h4-6,8,14-15H,7H2,1-3H3. The van der Waals surface area contributed by atoms with E-state index in [1.165, 1.54) is 18.2 Å². The molecule has 1 amide bonds. The first-order chi connectivity index (χ1) is 7.41. The summed E-state index contributed by atoms with van der Waals surface area (Å²) in [6.45, 7) is 4.70. The topological polar surface area (TPSA) is 60.8 Å². The lowest BCUT2D eigenvalue weighted by atomic mass is 10.1. The molecule has 16 heavy (non-hydrogen) atoms. The van der Waals surface area contributed by atoms with E-state index in [0.717, 1.165) is 0 Å². The lowest BCUT2D eigenvalue weighted by molar-refractivity contribution is 0.0778. The van der Waals surface area contributed by atoms with Gasteiger partial charge in [-0.3, -0.25) is 4.79 Å². The minimum atomic E-state index is -0.274. The molecule has 4 heteroatoms. The van der Waals surface area contributed by atoms with Crippen LogP contribution in [0.15, 0.2) is 18.2 Å². The first-order valence-electron chi connectivity index (χ1n) is 5.19. The highest BCUT2D eigenvalue weighted by Crippen LogP contribution is 2.25. The molecule has 0 saturated carbocycles. The highest BCUT2D eigenvalue weighted by Gasteiger charge is 2.14. The number of rotatable bonds is 3. The minimum Gasteiger partial charge on any atom is -0.504 e. The molecule has 0 heterocycles. The Morgan fingerprint density at radius 3 is 2.44 bits per heavy atom. The number of phenols is 2. The van der Waals surface area contributed by atoms with Crippen molar-refractivity contribution in [2.24, 2.45) is 5.92 Å². The average molecular weight is 223 g/mol. The van der Waals surface area contributed by atoms with Crippen molar-refractivity contribution in [2.75, 3.05) is 13.6 Å². The van der Waals surface area contributed by atoms with Crippen LogP contribution in [-0.2, 0) is 0 Å². The van der Waals surface area contributed by atoms with Crippen molar-refractivity contribution in [1.29, 1.82) is 0 Å². The molecule has 0 aliphatic carbocycles. The molecule has 0 unspecified atom stereocenters. The molecule has 0 aromatic heterocycles. The Morgan fingerprint density at radius 1 is 1.31 bits per heavy atom. The van der Waals surface area contributed by atoms with Gasteiger partial charge in [-0.05, 0) is 24.1 Å². The van der Waals surface area contributed by atoms with Crippen LogP contribution in [0.2, 0.25) is 0 Å². The van der Waals surface area contributed by atoms with Gasteiger partial charge >= 0.3 is 0 Å². The molecule has 1 aromatic carbocycles. The van der Waals surface area contributed by atoms with E-state index >= 15 is 0 Å². The third kappa shape index (κ3) is 2.89. The predicted molar refractivity (Wildman–Crippen MR) is 61.6 cm³/mol. The first kappa shape index (κ1) is 12.4. The van der Waals surface area contributed by atoms with Gasteiger partial charge in [0.05, 0.1) is 0 Å². The molecule has 0 atom stereocenters. The average Bonchev–Trinajstić information content (AvgIpc) is 2.20. The summed E-state index contributed by atoms with van der Waals surface area (Å²) < 4.78 is 0. The molecule has 1 aromatic rings. The van der Waals surface area contributed by atoms with Gasteiger partial charge in [-0.2, -0.15) is 0 Å². The maximum atomic E-state index is 11.9. The van der Waals surface area contributed by atoms with Crippen LogP contribution in [0, 0.1) is 5.92 Å². The monoisotopic (exact) mass is 223 g/mol. The van der Waals surface area contributed by atoms with Crippen LogP contribution in [0.5, 0.6) is 11.5 Å². The molecule has 0 saturated heterocycles. The molecule has 1 rings (SSSR count). The van der Waals surface area contributed by atoms with Crippen molar-refractivity contribution < 1.29 is 15.0 Å². The largest absolute Gasteiger partial charge is 0.504 e. The van der Waals surface area contributed by atoms with Crippen molar-refractivity contribution in [3.8, 4) is 11.5 Å². The second-order valence-electron chi connectivity index (χ2n) is 4.28. The first-order valence-corrected chi connectivity index (χ1v) is 5.19. The van der Waals surface area contributed by atoms with Crippen LogP contribution in [0.3, 0.4) is 0 Å². The molecule has 0 fully saturated rings. The van der Waals surface area contributed by atoms with E-state index in [-0.39, 0.29) is 17.4 Å². The van der Waals surface area contributed by atoms with Crippen LogP contribution in [0.25, 0.3) is 0 Å². The van der Waals surface area contributed by atoms with Crippen LogP contribution in [-0.4, -0.2) is 34.6 Å². The van der Waals surface area contributed by atoms with Crippen molar-refractivity contribution in [2.45, 2.75) is 13.8 Å². The van der Waals surface area contributed by atoms with Gasteiger partial charge in [0.2, 0.25) is 0 Å². The van der Waals surface area contributed by atoms with Gasteiger partial charge in [-0.25, -0.2) is 0 Å². The summed E-state index contributed by atoms with van der Waals surface area (Å²) in [4.78, 5) is 13.5. The lowest BCUT2D eigenvalue weighted by Crippen LogP contribution is -2.30. The van der Waals surface area contributed by atoms with Crippen LogP contribution in [0.1, 0.15) is 24.2 Å². The molecule has 0 bridgehead atoms. The molecule has 0 spiro atoms. The number of carbonyl (C=O) groups is 1. The van der Waals surface area contributed by atoms with E-state index in [0.29, 0.717) is 18.0 Å². The predicted octanol–water partition coefficient (Wildman–Crippen LogP) is 1.83. The Morgan fingerprint density at radius 2 is 1.94 bits per heavy atom. The molecule has 0 aliphatic rings. The number of hydrogen-bond acceptors (Lipinski definition) is 3. The lowest BCUT2D eigenvalue weighted by Gasteiger charge is -2.19. The molecular formula is C12H17NO3. The van der Waals surface area contributed by atoms with Gasteiger partial charge in [0.15, 0.2) is 11.5 Å². The van der Waals surface area contributed by atoms with Gasteiger partial charge in [-0.15, -0.1) is 0 Å². The zero-order valence-corrected chi connectivity index (χ0v) is 9.77. The van der Waals surface area contributed by atoms with Gasteiger partial charge in [-0.1, -0.05) is 13.8 Å². The molecule has 2 N–H and O–H groups in total. The molecular weight excluding hydrogens is 206 g/mol. The van der Waals surface area contributed by atoms with Crippen LogP contribution in [0.4, 0.5) is 0 Å². The van der Waals surface area contributed by atoms with Crippen LogP contribution >= 0.6 is 0 Å². The second-order valence-corrected chi connectivity index (χ2v) is 4.28. The summed E-state index contributed by atoms with van der Waals surface area (Å²) in [5.74, 6) is -0.268. The van der Waals surface area contributed by atoms with E-state index in [1.807, 2.05) is 13.8 Å². The summed E-state index contributed by atoms with van der Waals surface area (Å²) >= 11 is 0. The Balaban J connectivity index is 2.84. The van der Waals surface area contributed by atoms with Crippen molar-refractivity contribution in [1.82, 2.24) is 4.90 Å². The maximum Gasteiger partial charge on any atom is 0.253 e. The van der Waals surface area contributed by atoms with Gasteiger partial charge < -0.3 is 15.1 Å². The van der Waals surface area contributed by atoms with Crippen molar-refractivity contribution in [3.05, 3.63) is 23.8 Å². The van der Waals surface area contributed by atoms with Crippen molar-refractivity contribution >= 4 is 5.91 Å². The fraction of sp³-hybridized carbons (Fsp3) is 0.417. The normalized spacial score (nSPS) is 10.5. The summed E-state index contributed by atoms with van der Waals surface area (Å²) in [5.41, 5.74) is 0.374. The molecule has 0 radical (unpaired) electrons. The Kier molecular flexibility index (Phi) is 3.77. The fourth-order valence-electron chi connectivity index (χ4n) is 1.51. The number of benzene rings is 1.